The summed E-state index contributed by atoms with van der Waals surface area (Å²) in [5.41, 5.74) is -0.0459. The number of carbonyl (C=O) groups is 3. The van der Waals surface area contributed by atoms with E-state index in [4.69, 9.17) is 0 Å². The maximum Gasteiger partial charge on any atom is 0.416 e. The zero-order chi connectivity index (χ0) is 21.9. The summed E-state index contributed by atoms with van der Waals surface area (Å²) in [6.45, 7) is 4.33. The highest BCUT2D eigenvalue weighted by atomic mass is 19.4. The second-order valence-corrected chi connectivity index (χ2v) is 7.90. The van der Waals surface area contributed by atoms with E-state index in [9.17, 15) is 27.6 Å². The van der Waals surface area contributed by atoms with E-state index in [2.05, 4.69) is 0 Å². The molecule has 0 saturated carbocycles. The van der Waals surface area contributed by atoms with E-state index in [0.29, 0.717) is 44.8 Å². The minimum absolute atomic E-state index is 0.111. The average Bonchev–Trinajstić information content (AvgIpc) is 3.27. The second-order valence-electron chi connectivity index (χ2n) is 7.90. The highest BCUT2D eigenvalue weighted by molar-refractivity contribution is 6.35. The standard InChI is InChI=1S/C21H26F3N3O3/c1-15(16-4-6-17(7-5-16)21(22,23)24)14-18(28)25-10-12-27(13-11-25)20(30)19(29)26-8-2-3-9-26/h4-7,15H,2-3,8-14H2,1H3. The molecule has 0 N–H and O–H groups in total. The number of likely N-dealkylation sites (tertiary alicyclic amines) is 1. The molecule has 0 spiro atoms. The van der Waals surface area contributed by atoms with E-state index in [0.717, 1.165) is 25.0 Å². The molecular formula is C21H26F3N3O3. The SMILES string of the molecule is CC(CC(=O)N1CCN(C(=O)C(=O)N2CCCC2)CC1)c1ccc(C(F)(F)F)cc1. The molecule has 1 unspecified atom stereocenters. The molecule has 6 nitrogen and oxygen atoms in total. The molecule has 2 saturated heterocycles. The van der Waals surface area contributed by atoms with Gasteiger partial charge in [0.25, 0.3) is 0 Å². The summed E-state index contributed by atoms with van der Waals surface area (Å²) in [5, 5.41) is 0. The molecule has 30 heavy (non-hydrogen) atoms. The number of rotatable bonds is 3. The molecule has 2 fully saturated rings. The Hall–Kier alpha value is -2.58. The van der Waals surface area contributed by atoms with Crippen molar-refractivity contribution in [3.05, 3.63) is 35.4 Å². The quantitative estimate of drug-likeness (QED) is 0.700. The van der Waals surface area contributed by atoms with Crippen molar-refractivity contribution in [2.24, 2.45) is 0 Å². The fourth-order valence-electron chi connectivity index (χ4n) is 3.86. The number of piperazine rings is 1. The number of hydrogen-bond acceptors (Lipinski definition) is 3. The molecule has 0 aliphatic carbocycles. The van der Waals surface area contributed by atoms with Crippen LogP contribution < -0.4 is 0 Å². The van der Waals surface area contributed by atoms with Crippen molar-refractivity contribution >= 4 is 17.7 Å². The van der Waals surface area contributed by atoms with Crippen LogP contribution in [0, 0.1) is 0 Å². The Kier molecular flexibility index (Phi) is 6.67. The van der Waals surface area contributed by atoms with Crippen LogP contribution in [-0.2, 0) is 20.6 Å². The molecular weight excluding hydrogens is 399 g/mol. The average molecular weight is 425 g/mol. The minimum atomic E-state index is -4.38. The normalized spacial score (nSPS) is 18.5. The molecule has 3 amide bonds. The largest absolute Gasteiger partial charge is 0.416 e. The van der Waals surface area contributed by atoms with Crippen LogP contribution in [0.2, 0.25) is 0 Å². The van der Waals surface area contributed by atoms with Crippen LogP contribution in [-0.4, -0.2) is 71.7 Å². The number of nitrogens with zero attached hydrogens (tertiary/aromatic N) is 3. The molecule has 2 heterocycles. The molecule has 1 atom stereocenters. The highest BCUT2D eigenvalue weighted by Gasteiger charge is 2.32. The van der Waals surface area contributed by atoms with Gasteiger partial charge in [-0.05, 0) is 36.5 Å². The van der Waals surface area contributed by atoms with Crippen LogP contribution in [0.4, 0.5) is 13.2 Å². The number of amides is 3. The molecule has 1 aromatic carbocycles. The molecule has 2 aliphatic heterocycles. The van der Waals surface area contributed by atoms with Gasteiger partial charge in [0.15, 0.2) is 0 Å². The molecule has 9 heteroatoms. The Morgan fingerprint density at radius 3 is 1.80 bits per heavy atom. The third-order valence-electron chi connectivity index (χ3n) is 5.78. The third-order valence-corrected chi connectivity index (χ3v) is 5.78. The van der Waals surface area contributed by atoms with Gasteiger partial charge in [-0.2, -0.15) is 13.2 Å². The van der Waals surface area contributed by atoms with E-state index < -0.39 is 23.6 Å². The van der Waals surface area contributed by atoms with Gasteiger partial charge >= 0.3 is 18.0 Å². The van der Waals surface area contributed by atoms with Crippen molar-refractivity contribution in [2.45, 2.75) is 38.3 Å². The lowest BCUT2D eigenvalue weighted by atomic mass is 9.96. The first kappa shape index (κ1) is 22.1. The van der Waals surface area contributed by atoms with Crippen molar-refractivity contribution in [3.63, 3.8) is 0 Å². The minimum Gasteiger partial charge on any atom is -0.339 e. The predicted molar refractivity (Wildman–Crippen MR) is 103 cm³/mol. The summed E-state index contributed by atoms with van der Waals surface area (Å²) in [4.78, 5) is 41.9. The molecule has 0 aromatic heterocycles. The fourth-order valence-corrected chi connectivity index (χ4v) is 3.86. The van der Waals surface area contributed by atoms with Crippen molar-refractivity contribution < 1.29 is 27.6 Å². The fraction of sp³-hybridized carbons (Fsp3) is 0.571. The van der Waals surface area contributed by atoms with Gasteiger partial charge in [0, 0.05) is 45.7 Å². The number of alkyl halides is 3. The van der Waals surface area contributed by atoms with Crippen LogP contribution in [0.3, 0.4) is 0 Å². The van der Waals surface area contributed by atoms with E-state index in [1.165, 1.54) is 17.0 Å². The molecule has 0 bridgehead atoms. The van der Waals surface area contributed by atoms with E-state index >= 15 is 0 Å². The van der Waals surface area contributed by atoms with Gasteiger partial charge in [0.1, 0.15) is 0 Å². The summed E-state index contributed by atoms with van der Waals surface area (Å²) in [6.07, 6.45) is -2.38. The van der Waals surface area contributed by atoms with Gasteiger partial charge in [0.2, 0.25) is 5.91 Å². The summed E-state index contributed by atoms with van der Waals surface area (Å²) >= 11 is 0. The number of benzene rings is 1. The van der Waals surface area contributed by atoms with Crippen LogP contribution in [0.25, 0.3) is 0 Å². The van der Waals surface area contributed by atoms with Gasteiger partial charge in [-0.25, -0.2) is 0 Å². The van der Waals surface area contributed by atoms with Crippen LogP contribution in [0.5, 0.6) is 0 Å². The monoisotopic (exact) mass is 425 g/mol. The van der Waals surface area contributed by atoms with E-state index in [1.807, 2.05) is 0 Å². The zero-order valence-electron chi connectivity index (χ0n) is 17.0. The van der Waals surface area contributed by atoms with E-state index in [1.54, 1.807) is 16.7 Å². The lowest BCUT2D eigenvalue weighted by molar-refractivity contribution is -0.153. The molecule has 2 aliphatic rings. The third kappa shape index (κ3) is 5.12. The first-order valence-corrected chi connectivity index (χ1v) is 10.2. The molecule has 164 valence electrons. The highest BCUT2D eigenvalue weighted by Crippen LogP contribution is 2.30. The van der Waals surface area contributed by atoms with Crippen LogP contribution >= 0.6 is 0 Å². The lowest BCUT2D eigenvalue weighted by Gasteiger charge is -2.35. The second kappa shape index (κ2) is 9.06. The Morgan fingerprint density at radius 1 is 0.833 bits per heavy atom. The maximum atomic E-state index is 12.7. The smallest absolute Gasteiger partial charge is 0.339 e. The van der Waals surface area contributed by atoms with Gasteiger partial charge in [-0.1, -0.05) is 19.1 Å². The summed E-state index contributed by atoms with van der Waals surface area (Å²) in [7, 11) is 0. The Morgan fingerprint density at radius 2 is 1.30 bits per heavy atom. The number of halogens is 3. The Balaban J connectivity index is 1.49. The summed E-state index contributed by atoms with van der Waals surface area (Å²) in [6, 6.07) is 4.86. The van der Waals surface area contributed by atoms with Crippen molar-refractivity contribution in [1.82, 2.24) is 14.7 Å². The van der Waals surface area contributed by atoms with Crippen molar-refractivity contribution in [2.75, 3.05) is 39.3 Å². The van der Waals surface area contributed by atoms with Crippen molar-refractivity contribution in [3.8, 4) is 0 Å². The number of carbonyl (C=O) groups excluding carboxylic acids is 3. The summed E-state index contributed by atoms with van der Waals surface area (Å²) in [5.74, 6) is -1.32. The lowest BCUT2D eigenvalue weighted by Crippen LogP contribution is -2.54. The van der Waals surface area contributed by atoms with Crippen LogP contribution in [0.1, 0.15) is 43.2 Å². The van der Waals surface area contributed by atoms with Gasteiger partial charge < -0.3 is 14.7 Å². The van der Waals surface area contributed by atoms with E-state index in [-0.39, 0.29) is 18.2 Å². The topological polar surface area (TPSA) is 60.9 Å². The molecule has 1 aromatic rings. The van der Waals surface area contributed by atoms with Gasteiger partial charge in [-0.15, -0.1) is 0 Å². The molecule has 3 rings (SSSR count). The molecule has 0 radical (unpaired) electrons. The zero-order valence-corrected chi connectivity index (χ0v) is 17.0. The Bertz CT molecular complexity index is 781. The first-order valence-electron chi connectivity index (χ1n) is 10.2. The van der Waals surface area contributed by atoms with Gasteiger partial charge in [-0.3, -0.25) is 14.4 Å². The van der Waals surface area contributed by atoms with Gasteiger partial charge in [0.05, 0.1) is 5.56 Å². The van der Waals surface area contributed by atoms with Crippen LogP contribution in [0.15, 0.2) is 24.3 Å². The summed E-state index contributed by atoms with van der Waals surface area (Å²) < 4.78 is 38.1. The Labute approximate surface area is 173 Å². The number of hydrogen-bond donors (Lipinski definition) is 0. The predicted octanol–water partition coefficient (Wildman–Crippen LogP) is 2.49. The first-order chi connectivity index (χ1) is 14.2. The maximum absolute atomic E-state index is 12.7. The van der Waals surface area contributed by atoms with Crippen molar-refractivity contribution in [1.29, 1.82) is 0 Å².